The molecule has 8 heteroatoms. The summed E-state index contributed by atoms with van der Waals surface area (Å²) in [6.07, 6.45) is 0. The Morgan fingerprint density at radius 1 is 1.09 bits per heavy atom. The van der Waals surface area contributed by atoms with E-state index in [1.807, 2.05) is 0 Å². The number of carboxylic acids is 1. The average Bonchev–Trinajstić information content (AvgIpc) is 2.44. The Morgan fingerprint density at radius 2 is 1.77 bits per heavy atom. The third-order valence-corrected chi connectivity index (χ3v) is 5.06. The van der Waals surface area contributed by atoms with E-state index >= 15 is 0 Å². The summed E-state index contributed by atoms with van der Waals surface area (Å²) in [5.74, 6) is -3.35. The van der Waals surface area contributed by atoms with Crippen LogP contribution in [-0.4, -0.2) is 17.0 Å². The second-order valence-electron chi connectivity index (χ2n) is 4.09. The van der Waals surface area contributed by atoms with Crippen molar-refractivity contribution in [3.8, 4) is 5.75 Å². The van der Waals surface area contributed by atoms with Crippen molar-refractivity contribution in [3.63, 3.8) is 0 Å². The minimum atomic E-state index is -1.25. The third-order valence-electron chi connectivity index (χ3n) is 2.59. The van der Waals surface area contributed by atoms with Crippen LogP contribution in [0.3, 0.4) is 0 Å². The zero-order valence-corrected chi connectivity index (χ0v) is 15.3. The zero-order valence-electron chi connectivity index (χ0n) is 10.6. The minimum absolute atomic E-state index is 0.154. The van der Waals surface area contributed by atoms with Crippen LogP contribution in [0, 0.1) is 5.82 Å². The smallest absolute Gasteiger partial charge is 0.344 e. The highest BCUT2D eigenvalue weighted by Crippen LogP contribution is 2.31. The summed E-state index contributed by atoms with van der Waals surface area (Å²) in [4.78, 5) is 23.0. The van der Waals surface area contributed by atoms with Crippen molar-refractivity contribution in [3.05, 3.63) is 60.7 Å². The van der Waals surface area contributed by atoms with Gasteiger partial charge in [-0.15, -0.1) is 0 Å². The van der Waals surface area contributed by atoms with E-state index in [1.165, 1.54) is 6.07 Å². The topological polar surface area (TPSA) is 63.6 Å². The van der Waals surface area contributed by atoms with Gasteiger partial charge >= 0.3 is 11.9 Å². The van der Waals surface area contributed by atoms with Gasteiger partial charge in [-0.25, -0.2) is 14.0 Å². The van der Waals surface area contributed by atoms with Crippen LogP contribution in [0.1, 0.15) is 20.7 Å². The van der Waals surface area contributed by atoms with Gasteiger partial charge in [0.2, 0.25) is 0 Å². The Kier molecular flexibility index (Phi) is 5.36. The van der Waals surface area contributed by atoms with Crippen molar-refractivity contribution in [2.45, 2.75) is 0 Å². The van der Waals surface area contributed by atoms with Crippen molar-refractivity contribution in [1.82, 2.24) is 0 Å². The summed E-state index contributed by atoms with van der Waals surface area (Å²) in [5, 5.41) is 8.89. The monoisotopic (exact) mass is 494 g/mol. The number of benzene rings is 2. The molecule has 0 fully saturated rings. The average molecular weight is 497 g/mol. The first-order valence-corrected chi connectivity index (χ1v) is 8.07. The highest BCUT2D eigenvalue weighted by Gasteiger charge is 2.18. The molecule has 1 N–H and O–H groups in total. The van der Waals surface area contributed by atoms with Crippen LogP contribution >= 0.6 is 47.8 Å². The predicted molar refractivity (Wildman–Crippen MR) is 87.9 cm³/mol. The highest BCUT2D eigenvalue weighted by molar-refractivity contribution is 9.13. The van der Waals surface area contributed by atoms with Gasteiger partial charge in [0.05, 0.1) is 11.1 Å². The molecular weight excluding hydrogens is 491 g/mol. The van der Waals surface area contributed by atoms with Crippen LogP contribution in [-0.2, 0) is 0 Å². The molecule has 2 aromatic carbocycles. The number of hydrogen-bond acceptors (Lipinski definition) is 3. The Balaban J connectivity index is 2.37. The molecule has 2 rings (SSSR count). The highest BCUT2D eigenvalue weighted by atomic mass is 79.9. The molecule has 0 amide bonds. The largest absolute Gasteiger partial charge is 0.478 e. The Labute approximate surface area is 149 Å². The van der Waals surface area contributed by atoms with Crippen LogP contribution in [0.25, 0.3) is 0 Å². The van der Waals surface area contributed by atoms with Gasteiger partial charge in [0.1, 0.15) is 0 Å². The molecule has 0 aliphatic rings. The molecule has 0 radical (unpaired) electrons. The Bertz CT molecular complexity index is 777. The van der Waals surface area contributed by atoms with E-state index in [2.05, 4.69) is 47.8 Å². The standard InChI is InChI=1S/C14H6Br3FO4/c15-7-4-8(12(17)9(16)5-7)14(21)22-11-3-6(13(19)20)1-2-10(11)18/h1-5H,(H,19,20). The molecule has 0 saturated carbocycles. The van der Waals surface area contributed by atoms with Gasteiger partial charge in [-0.3, -0.25) is 0 Å². The molecule has 0 unspecified atom stereocenters. The SMILES string of the molecule is O=C(O)c1ccc(F)c(OC(=O)c2cc(Br)cc(Br)c2Br)c1. The van der Waals surface area contributed by atoms with Crippen molar-refractivity contribution in [2.24, 2.45) is 0 Å². The molecular formula is C14H6Br3FO4. The maximum Gasteiger partial charge on any atom is 0.344 e. The predicted octanol–water partition coefficient (Wildman–Crippen LogP) is 5.03. The van der Waals surface area contributed by atoms with Crippen LogP contribution in [0.5, 0.6) is 5.75 Å². The summed E-state index contributed by atoms with van der Waals surface area (Å²) in [7, 11) is 0. The normalized spacial score (nSPS) is 10.4. The van der Waals surface area contributed by atoms with Gasteiger partial charge in [-0.1, -0.05) is 15.9 Å². The lowest BCUT2D eigenvalue weighted by atomic mass is 10.2. The molecule has 0 bridgehead atoms. The van der Waals surface area contributed by atoms with E-state index in [0.717, 1.165) is 18.2 Å². The third kappa shape index (κ3) is 3.74. The van der Waals surface area contributed by atoms with Gasteiger partial charge in [0.25, 0.3) is 0 Å². The molecule has 0 spiro atoms. The maximum atomic E-state index is 13.7. The van der Waals surface area contributed by atoms with Crippen LogP contribution in [0.4, 0.5) is 4.39 Å². The summed E-state index contributed by atoms with van der Waals surface area (Å²) >= 11 is 9.72. The van der Waals surface area contributed by atoms with Crippen molar-refractivity contribution in [1.29, 1.82) is 0 Å². The molecule has 0 heterocycles. The zero-order chi connectivity index (χ0) is 16.4. The fraction of sp³-hybridized carbons (Fsp3) is 0. The number of carbonyl (C=O) groups excluding carboxylic acids is 1. The van der Waals surface area contributed by atoms with Crippen LogP contribution < -0.4 is 4.74 Å². The number of halogens is 4. The fourth-order valence-electron chi connectivity index (χ4n) is 1.57. The second-order valence-corrected chi connectivity index (χ2v) is 6.65. The summed E-state index contributed by atoms with van der Waals surface area (Å²) < 4.78 is 20.3. The number of hydrogen-bond donors (Lipinski definition) is 1. The van der Waals surface area contributed by atoms with E-state index in [1.54, 1.807) is 6.07 Å². The van der Waals surface area contributed by atoms with Crippen molar-refractivity contribution >= 4 is 59.7 Å². The second kappa shape index (κ2) is 6.89. The number of rotatable bonds is 3. The van der Waals surface area contributed by atoms with E-state index in [0.29, 0.717) is 13.4 Å². The lowest BCUT2D eigenvalue weighted by Gasteiger charge is -2.09. The van der Waals surface area contributed by atoms with E-state index in [4.69, 9.17) is 9.84 Å². The molecule has 0 atom stereocenters. The number of aromatic carboxylic acids is 1. The molecule has 0 aliphatic heterocycles. The lowest BCUT2D eigenvalue weighted by Crippen LogP contribution is -2.11. The summed E-state index contributed by atoms with van der Waals surface area (Å²) in [6, 6.07) is 6.18. The van der Waals surface area contributed by atoms with Crippen LogP contribution in [0.2, 0.25) is 0 Å². The molecule has 114 valence electrons. The fourth-order valence-corrected chi connectivity index (χ4v) is 3.19. The molecule has 2 aromatic rings. The minimum Gasteiger partial charge on any atom is -0.478 e. The first-order valence-electron chi connectivity index (χ1n) is 5.69. The summed E-state index contributed by atoms with van der Waals surface area (Å²) in [5.41, 5.74) is -0.0277. The molecule has 0 saturated heterocycles. The van der Waals surface area contributed by atoms with Crippen molar-refractivity contribution < 1.29 is 23.8 Å². The Hall–Kier alpha value is -1.25. The van der Waals surface area contributed by atoms with Gasteiger partial charge in [-0.05, 0) is 62.2 Å². The summed E-state index contributed by atoms with van der Waals surface area (Å²) in [6.45, 7) is 0. The van der Waals surface area contributed by atoms with E-state index < -0.39 is 23.5 Å². The quantitative estimate of drug-likeness (QED) is 0.368. The van der Waals surface area contributed by atoms with E-state index in [-0.39, 0.29) is 11.1 Å². The molecule has 22 heavy (non-hydrogen) atoms. The van der Waals surface area contributed by atoms with Gasteiger partial charge in [0.15, 0.2) is 11.6 Å². The van der Waals surface area contributed by atoms with Gasteiger partial charge < -0.3 is 9.84 Å². The molecule has 0 aromatic heterocycles. The number of carbonyl (C=O) groups is 2. The van der Waals surface area contributed by atoms with Crippen LogP contribution in [0.15, 0.2) is 43.7 Å². The van der Waals surface area contributed by atoms with Gasteiger partial charge in [-0.2, -0.15) is 0 Å². The number of ether oxygens (including phenoxy) is 1. The molecule has 4 nitrogen and oxygen atoms in total. The Morgan fingerprint density at radius 3 is 2.41 bits per heavy atom. The first-order chi connectivity index (χ1) is 10.3. The number of esters is 1. The van der Waals surface area contributed by atoms with Gasteiger partial charge in [0, 0.05) is 13.4 Å². The van der Waals surface area contributed by atoms with E-state index in [9.17, 15) is 14.0 Å². The maximum absolute atomic E-state index is 13.7. The number of carboxylic acid groups (broad SMARTS) is 1. The molecule has 0 aliphatic carbocycles. The first kappa shape index (κ1) is 17.1. The van der Waals surface area contributed by atoms with Crippen molar-refractivity contribution in [2.75, 3.05) is 0 Å². The lowest BCUT2D eigenvalue weighted by molar-refractivity contribution is 0.0685.